The molecule has 0 aromatic heterocycles. The third-order valence-corrected chi connectivity index (χ3v) is 2.86. The molecule has 1 amide bonds. The van der Waals surface area contributed by atoms with Crippen molar-refractivity contribution >= 4 is 11.9 Å². The van der Waals surface area contributed by atoms with E-state index in [4.69, 9.17) is 25.1 Å². The highest BCUT2D eigenvalue weighted by Crippen LogP contribution is 2.01. The van der Waals surface area contributed by atoms with E-state index < -0.39 is 12.0 Å². The number of hydrogen-bond acceptors (Lipinski definition) is 6. The van der Waals surface area contributed by atoms with Gasteiger partial charge in [0.25, 0.3) is 0 Å². The zero-order valence-electron chi connectivity index (χ0n) is 13.2. The van der Waals surface area contributed by atoms with Gasteiger partial charge in [-0.25, -0.2) is 4.79 Å². The molecule has 0 aromatic rings. The van der Waals surface area contributed by atoms with E-state index in [0.717, 1.165) is 6.42 Å². The molecule has 0 heterocycles. The highest BCUT2D eigenvalue weighted by molar-refractivity contribution is 5.83. The minimum absolute atomic E-state index is 0.124. The molecular formula is C14H28N2O6. The monoisotopic (exact) mass is 320 g/mol. The highest BCUT2D eigenvalue weighted by Gasteiger charge is 2.18. The predicted molar refractivity (Wildman–Crippen MR) is 80.6 cm³/mol. The van der Waals surface area contributed by atoms with Gasteiger partial charge in [-0.3, -0.25) is 4.79 Å². The van der Waals surface area contributed by atoms with Crippen LogP contribution >= 0.6 is 0 Å². The number of methoxy groups -OCH3 is 1. The van der Waals surface area contributed by atoms with Gasteiger partial charge >= 0.3 is 5.97 Å². The molecule has 0 rings (SSSR count). The lowest BCUT2D eigenvalue weighted by atomic mass is 10.1. The molecule has 0 radical (unpaired) electrons. The summed E-state index contributed by atoms with van der Waals surface area (Å²) >= 11 is 0. The molecular weight excluding hydrogens is 292 g/mol. The van der Waals surface area contributed by atoms with Gasteiger partial charge in [0.1, 0.15) is 6.04 Å². The fraction of sp³-hybridized carbons (Fsp3) is 0.857. The molecule has 0 unspecified atom stereocenters. The molecule has 0 spiro atoms. The van der Waals surface area contributed by atoms with Crippen LogP contribution in [0.3, 0.4) is 0 Å². The van der Waals surface area contributed by atoms with E-state index in [0.29, 0.717) is 45.8 Å². The number of carboxylic acids is 1. The molecule has 0 aliphatic rings. The SMILES string of the molecule is COCCOCCOCCC(=O)N[C@@H](CCCCN)C(=O)O. The van der Waals surface area contributed by atoms with Crippen LogP contribution in [0.5, 0.6) is 0 Å². The van der Waals surface area contributed by atoms with E-state index in [1.807, 2.05) is 0 Å². The Bertz CT molecular complexity index is 301. The van der Waals surface area contributed by atoms with E-state index in [2.05, 4.69) is 5.32 Å². The fourth-order valence-electron chi connectivity index (χ4n) is 1.65. The standard InChI is InChI=1S/C14H28N2O6/c1-20-8-9-22-11-10-21-7-5-13(17)16-12(14(18)19)4-2-3-6-15/h12H,2-11,15H2,1H3,(H,16,17)(H,18,19)/t12-/m0/s1. The number of aliphatic carboxylic acids is 1. The first kappa shape index (κ1) is 20.8. The van der Waals surface area contributed by atoms with Crippen LogP contribution in [0, 0.1) is 0 Å². The molecule has 130 valence electrons. The van der Waals surface area contributed by atoms with Crippen molar-refractivity contribution in [3.05, 3.63) is 0 Å². The summed E-state index contributed by atoms with van der Waals surface area (Å²) in [5.41, 5.74) is 5.36. The molecule has 0 aliphatic carbocycles. The topological polar surface area (TPSA) is 120 Å². The van der Waals surface area contributed by atoms with Gasteiger partial charge in [-0.15, -0.1) is 0 Å². The molecule has 8 heteroatoms. The van der Waals surface area contributed by atoms with E-state index in [1.54, 1.807) is 7.11 Å². The van der Waals surface area contributed by atoms with Crippen LogP contribution in [-0.4, -0.2) is 69.7 Å². The van der Waals surface area contributed by atoms with Crippen LogP contribution < -0.4 is 11.1 Å². The maximum absolute atomic E-state index is 11.6. The Balaban J connectivity index is 3.66. The second kappa shape index (κ2) is 14.7. The van der Waals surface area contributed by atoms with Gasteiger partial charge in [0.05, 0.1) is 33.0 Å². The van der Waals surface area contributed by atoms with Crippen LogP contribution in [0.4, 0.5) is 0 Å². The van der Waals surface area contributed by atoms with Crippen molar-refractivity contribution in [1.29, 1.82) is 0 Å². The first-order valence-electron chi connectivity index (χ1n) is 7.48. The van der Waals surface area contributed by atoms with Gasteiger partial charge in [-0.2, -0.15) is 0 Å². The average molecular weight is 320 g/mol. The Morgan fingerprint density at radius 2 is 1.73 bits per heavy atom. The number of carboxylic acid groups (broad SMARTS) is 1. The van der Waals surface area contributed by atoms with Gasteiger partial charge in [-0.05, 0) is 25.8 Å². The number of amides is 1. The van der Waals surface area contributed by atoms with E-state index in [9.17, 15) is 9.59 Å². The van der Waals surface area contributed by atoms with Crippen molar-refractivity contribution in [2.75, 3.05) is 46.7 Å². The molecule has 22 heavy (non-hydrogen) atoms. The third kappa shape index (κ3) is 12.5. The Labute approximate surface area is 131 Å². The zero-order valence-corrected chi connectivity index (χ0v) is 13.2. The number of hydrogen-bond donors (Lipinski definition) is 3. The number of rotatable bonds is 15. The normalized spacial score (nSPS) is 12.1. The van der Waals surface area contributed by atoms with Gasteiger partial charge < -0.3 is 30.4 Å². The van der Waals surface area contributed by atoms with E-state index in [1.165, 1.54) is 0 Å². The number of carbonyl (C=O) groups is 2. The maximum Gasteiger partial charge on any atom is 0.326 e. The minimum atomic E-state index is -1.03. The molecule has 0 saturated carbocycles. The molecule has 0 bridgehead atoms. The summed E-state index contributed by atoms with van der Waals surface area (Å²) in [4.78, 5) is 22.7. The highest BCUT2D eigenvalue weighted by atomic mass is 16.5. The first-order chi connectivity index (χ1) is 10.6. The second-order valence-corrected chi connectivity index (χ2v) is 4.71. The van der Waals surface area contributed by atoms with Crippen molar-refractivity contribution in [2.24, 2.45) is 5.73 Å². The number of carbonyl (C=O) groups excluding carboxylic acids is 1. The summed E-state index contributed by atoms with van der Waals surface area (Å²) in [5, 5.41) is 11.5. The Hall–Kier alpha value is -1.22. The smallest absolute Gasteiger partial charge is 0.326 e. The molecule has 0 aromatic carbocycles. The molecule has 8 nitrogen and oxygen atoms in total. The van der Waals surface area contributed by atoms with Crippen LogP contribution in [0.2, 0.25) is 0 Å². The third-order valence-electron chi connectivity index (χ3n) is 2.86. The molecule has 0 fully saturated rings. The summed E-state index contributed by atoms with van der Waals surface area (Å²) in [6.07, 6.45) is 1.92. The van der Waals surface area contributed by atoms with Gasteiger partial charge in [0.15, 0.2) is 0 Å². The molecule has 0 saturated heterocycles. The summed E-state index contributed by atoms with van der Waals surface area (Å²) in [6.45, 7) is 2.60. The number of unbranched alkanes of at least 4 members (excludes halogenated alkanes) is 1. The van der Waals surface area contributed by atoms with E-state index in [-0.39, 0.29) is 18.9 Å². The van der Waals surface area contributed by atoms with Crippen molar-refractivity contribution in [1.82, 2.24) is 5.32 Å². The zero-order chi connectivity index (χ0) is 16.6. The Morgan fingerprint density at radius 3 is 2.32 bits per heavy atom. The second-order valence-electron chi connectivity index (χ2n) is 4.71. The van der Waals surface area contributed by atoms with Crippen LogP contribution in [-0.2, 0) is 23.8 Å². The summed E-state index contributed by atoms with van der Waals surface area (Å²) in [5.74, 6) is -1.36. The lowest BCUT2D eigenvalue weighted by molar-refractivity contribution is -0.142. The number of nitrogens with one attached hydrogen (secondary N) is 1. The lowest BCUT2D eigenvalue weighted by Crippen LogP contribution is -2.41. The maximum atomic E-state index is 11.6. The lowest BCUT2D eigenvalue weighted by Gasteiger charge is -2.14. The van der Waals surface area contributed by atoms with E-state index >= 15 is 0 Å². The van der Waals surface area contributed by atoms with Crippen LogP contribution in [0.25, 0.3) is 0 Å². The molecule has 0 aliphatic heterocycles. The summed E-state index contributed by atoms with van der Waals surface area (Å²) in [7, 11) is 1.60. The quantitative estimate of drug-likeness (QED) is 0.356. The fourth-order valence-corrected chi connectivity index (χ4v) is 1.65. The predicted octanol–water partition coefficient (Wildman–Crippen LogP) is -0.245. The van der Waals surface area contributed by atoms with Gasteiger partial charge in [0.2, 0.25) is 5.91 Å². The van der Waals surface area contributed by atoms with Crippen LogP contribution in [0.15, 0.2) is 0 Å². The van der Waals surface area contributed by atoms with Gasteiger partial charge in [-0.1, -0.05) is 0 Å². The average Bonchev–Trinajstić information content (AvgIpc) is 2.49. The van der Waals surface area contributed by atoms with Crippen molar-refractivity contribution in [2.45, 2.75) is 31.7 Å². The number of nitrogens with two attached hydrogens (primary N) is 1. The van der Waals surface area contributed by atoms with Crippen molar-refractivity contribution < 1.29 is 28.9 Å². The summed E-state index contributed by atoms with van der Waals surface area (Å²) < 4.78 is 15.2. The minimum Gasteiger partial charge on any atom is -0.480 e. The van der Waals surface area contributed by atoms with Gasteiger partial charge in [0, 0.05) is 13.5 Å². The first-order valence-corrected chi connectivity index (χ1v) is 7.48. The van der Waals surface area contributed by atoms with Crippen molar-refractivity contribution in [3.63, 3.8) is 0 Å². The van der Waals surface area contributed by atoms with Crippen LogP contribution in [0.1, 0.15) is 25.7 Å². The molecule has 4 N–H and O–H groups in total. The molecule has 1 atom stereocenters. The Kier molecular flexibility index (Phi) is 13.9. The van der Waals surface area contributed by atoms with Crippen molar-refractivity contribution in [3.8, 4) is 0 Å². The Morgan fingerprint density at radius 1 is 1.09 bits per heavy atom. The number of ether oxygens (including phenoxy) is 3. The summed E-state index contributed by atoms with van der Waals surface area (Å²) in [6, 6.07) is -0.864. The largest absolute Gasteiger partial charge is 0.480 e.